The van der Waals surface area contributed by atoms with Crippen molar-refractivity contribution >= 4 is 23.6 Å². The molecule has 2 aliphatic rings. The van der Waals surface area contributed by atoms with Crippen LogP contribution in [-0.4, -0.2) is 46.2 Å². The number of carboxylic acid groups (broad SMARTS) is 1. The molecule has 1 aliphatic heterocycles. The maximum Gasteiger partial charge on any atom is 0.407 e. The van der Waals surface area contributed by atoms with E-state index in [1.54, 1.807) is 5.48 Å². The molecule has 0 spiro atoms. The summed E-state index contributed by atoms with van der Waals surface area (Å²) in [6.45, 7) is 2.56. The first kappa shape index (κ1) is 19.2. The second kappa shape index (κ2) is 7.56. The summed E-state index contributed by atoms with van der Waals surface area (Å²) in [5, 5.41) is 20.8. The van der Waals surface area contributed by atoms with Gasteiger partial charge in [0.05, 0.1) is 5.41 Å². The lowest BCUT2D eigenvalue weighted by Gasteiger charge is -2.37. The van der Waals surface area contributed by atoms with Crippen LogP contribution in [0.5, 0.6) is 0 Å². The Hall–Kier alpha value is -2.61. The van der Waals surface area contributed by atoms with Crippen molar-refractivity contribution in [3.8, 4) is 0 Å². The van der Waals surface area contributed by atoms with Crippen molar-refractivity contribution in [2.75, 3.05) is 18.4 Å². The molecular formula is C19H25N3O5. The largest absolute Gasteiger partial charge is 0.465 e. The van der Waals surface area contributed by atoms with Crippen LogP contribution in [0.4, 0.5) is 10.5 Å². The number of anilines is 1. The summed E-state index contributed by atoms with van der Waals surface area (Å²) in [5.41, 5.74) is 3.93. The Morgan fingerprint density at radius 3 is 2.52 bits per heavy atom. The van der Waals surface area contributed by atoms with Gasteiger partial charge in [0.15, 0.2) is 0 Å². The van der Waals surface area contributed by atoms with Crippen molar-refractivity contribution in [3.05, 3.63) is 29.3 Å². The molecule has 1 heterocycles. The first-order chi connectivity index (χ1) is 12.8. The van der Waals surface area contributed by atoms with E-state index in [0.717, 1.165) is 17.5 Å². The van der Waals surface area contributed by atoms with Gasteiger partial charge in [-0.15, -0.1) is 0 Å². The second-order valence-corrected chi connectivity index (χ2v) is 7.68. The monoisotopic (exact) mass is 375 g/mol. The average Bonchev–Trinajstić information content (AvgIpc) is 2.67. The number of nitrogens with zero attached hydrogens (tertiary/aromatic N) is 1. The first-order valence-corrected chi connectivity index (χ1v) is 9.17. The van der Waals surface area contributed by atoms with E-state index in [9.17, 15) is 14.4 Å². The molecule has 1 aliphatic carbocycles. The minimum atomic E-state index is -0.950. The summed E-state index contributed by atoms with van der Waals surface area (Å²) < 4.78 is 0. The van der Waals surface area contributed by atoms with Gasteiger partial charge in [0, 0.05) is 24.7 Å². The number of piperidine rings is 1. The number of fused-ring (bicyclic) bond motifs is 1. The first-order valence-electron chi connectivity index (χ1n) is 9.17. The number of hydrogen-bond acceptors (Lipinski definition) is 4. The highest BCUT2D eigenvalue weighted by atomic mass is 16.5. The van der Waals surface area contributed by atoms with Crippen LogP contribution in [0.15, 0.2) is 18.2 Å². The minimum Gasteiger partial charge on any atom is -0.465 e. The van der Waals surface area contributed by atoms with Crippen molar-refractivity contribution in [1.29, 1.82) is 0 Å². The standard InChI is InChI=1S/C19H25N3O5/c1-19(6-8-22(9-7-19)18(25)26)17(24)20-15-5-4-12-2-3-13(16(23)21-27)10-14(12)11-15/h4-5,11,13,27H,2-3,6-10H2,1H3,(H,20,24)(H,21,23)(H,25,26). The Balaban J connectivity index is 1.67. The van der Waals surface area contributed by atoms with Gasteiger partial charge in [0.2, 0.25) is 11.8 Å². The van der Waals surface area contributed by atoms with Gasteiger partial charge in [-0.2, -0.15) is 0 Å². The van der Waals surface area contributed by atoms with Crippen molar-refractivity contribution < 1.29 is 24.7 Å². The highest BCUT2D eigenvalue weighted by molar-refractivity contribution is 5.95. The zero-order chi connectivity index (χ0) is 19.6. The summed E-state index contributed by atoms with van der Waals surface area (Å²) in [6.07, 6.45) is 1.97. The third-order valence-corrected chi connectivity index (χ3v) is 5.86. The Labute approximate surface area is 157 Å². The van der Waals surface area contributed by atoms with Crippen LogP contribution in [0.1, 0.15) is 37.3 Å². The fraction of sp³-hybridized carbons (Fsp3) is 0.526. The molecule has 1 saturated heterocycles. The molecule has 3 amide bonds. The van der Waals surface area contributed by atoms with E-state index in [1.807, 2.05) is 25.1 Å². The van der Waals surface area contributed by atoms with E-state index in [0.29, 0.717) is 44.5 Å². The molecular weight excluding hydrogens is 350 g/mol. The predicted octanol–water partition coefficient (Wildman–Crippen LogP) is 2.02. The van der Waals surface area contributed by atoms with Crippen molar-refractivity contribution in [2.45, 2.75) is 39.0 Å². The second-order valence-electron chi connectivity index (χ2n) is 7.68. The molecule has 0 saturated carbocycles. The van der Waals surface area contributed by atoms with Gasteiger partial charge in [0.25, 0.3) is 0 Å². The molecule has 1 unspecified atom stereocenters. The van der Waals surface area contributed by atoms with Gasteiger partial charge in [-0.05, 0) is 55.4 Å². The summed E-state index contributed by atoms with van der Waals surface area (Å²) in [7, 11) is 0. The summed E-state index contributed by atoms with van der Waals surface area (Å²) >= 11 is 0. The Kier molecular flexibility index (Phi) is 5.36. The molecule has 1 aromatic rings. The molecule has 3 rings (SSSR count). The number of carbonyl (C=O) groups excluding carboxylic acids is 2. The minimum absolute atomic E-state index is 0.118. The Morgan fingerprint density at radius 1 is 1.19 bits per heavy atom. The zero-order valence-corrected chi connectivity index (χ0v) is 15.3. The van der Waals surface area contributed by atoms with E-state index in [1.165, 1.54) is 4.90 Å². The molecule has 146 valence electrons. The van der Waals surface area contributed by atoms with Gasteiger partial charge in [0.1, 0.15) is 0 Å². The highest BCUT2D eigenvalue weighted by Gasteiger charge is 2.38. The molecule has 8 nitrogen and oxygen atoms in total. The molecule has 8 heteroatoms. The number of likely N-dealkylation sites (tertiary alicyclic amines) is 1. The van der Waals surface area contributed by atoms with Gasteiger partial charge >= 0.3 is 6.09 Å². The Morgan fingerprint density at radius 2 is 1.89 bits per heavy atom. The van der Waals surface area contributed by atoms with Gasteiger partial charge in [-0.25, -0.2) is 10.3 Å². The fourth-order valence-electron chi connectivity index (χ4n) is 3.85. The van der Waals surface area contributed by atoms with Crippen LogP contribution in [-0.2, 0) is 22.4 Å². The van der Waals surface area contributed by atoms with E-state index in [2.05, 4.69) is 5.32 Å². The van der Waals surface area contributed by atoms with Crippen molar-refractivity contribution in [2.24, 2.45) is 11.3 Å². The lowest BCUT2D eigenvalue weighted by atomic mass is 9.79. The number of amides is 3. The number of aryl methyl sites for hydroxylation is 1. The quantitative estimate of drug-likeness (QED) is 0.476. The van der Waals surface area contributed by atoms with Crippen LogP contribution in [0.25, 0.3) is 0 Å². The van der Waals surface area contributed by atoms with E-state index >= 15 is 0 Å². The predicted molar refractivity (Wildman–Crippen MR) is 97.5 cm³/mol. The molecule has 1 aromatic carbocycles. The smallest absolute Gasteiger partial charge is 0.407 e. The molecule has 4 N–H and O–H groups in total. The molecule has 27 heavy (non-hydrogen) atoms. The number of hydroxylamine groups is 1. The average molecular weight is 375 g/mol. The maximum atomic E-state index is 12.8. The van der Waals surface area contributed by atoms with Crippen LogP contribution >= 0.6 is 0 Å². The van der Waals surface area contributed by atoms with E-state index < -0.39 is 11.5 Å². The summed E-state index contributed by atoms with van der Waals surface area (Å²) in [4.78, 5) is 36.8. The van der Waals surface area contributed by atoms with Crippen LogP contribution in [0.2, 0.25) is 0 Å². The highest BCUT2D eigenvalue weighted by Crippen LogP contribution is 2.33. The number of hydrogen-bond donors (Lipinski definition) is 4. The molecule has 0 radical (unpaired) electrons. The normalized spacial score (nSPS) is 21.1. The molecule has 0 aromatic heterocycles. The number of benzene rings is 1. The summed E-state index contributed by atoms with van der Waals surface area (Å²) in [6, 6.07) is 5.71. The molecule has 1 atom stereocenters. The SMILES string of the molecule is CC1(C(=O)Nc2ccc3c(c2)CC(C(=O)NO)CC3)CCN(C(=O)O)CC1. The fourth-order valence-corrected chi connectivity index (χ4v) is 3.85. The number of rotatable bonds is 3. The van der Waals surface area contributed by atoms with Gasteiger partial charge in [-0.3, -0.25) is 14.8 Å². The maximum absolute atomic E-state index is 12.8. The number of nitrogens with one attached hydrogen (secondary N) is 2. The molecule has 1 fully saturated rings. The summed E-state index contributed by atoms with van der Waals surface area (Å²) in [5.74, 6) is -0.771. The van der Waals surface area contributed by atoms with Crippen molar-refractivity contribution in [3.63, 3.8) is 0 Å². The Bertz CT molecular complexity index is 756. The topological polar surface area (TPSA) is 119 Å². The third-order valence-electron chi connectivity index (χ3n) is 5.86. The van der Waals surface area contributed by atoms with E-state index in [4.69, 9.17) is 10.3 Å². The zero-order valence-electron chi connectivity index (χ0n) is 15.3. The van der Waals surface area contributed by atoms with E-state index in [-0.39, 0.29) is 17.7 Å². The van der Waals surface area contributed by atoms with Crippen molar-refractivity contribution in [1.82, 2.24) is 10.4 Å². The van der Waals surface area contributed by atoms with Gasteiger partial charge < -0.3 is 15.3 Å². The van der Waals surface area contributed by atoms with Crippen LogP contribution in [0.3, 0.4) is 0 Å². The van der Waals surface area contributed by atoms with Crippen LogP contribution < -0.4 is 10.8 Å². The lowest BCUT2D eigenvalue weighted by molar-refractivity contribution is -0.133. The third kappa shape index (κ3) is 4.05. The van der Waals surface area contributed by atoms with Crippen LogP contribution in [0, 0.1) is 11.3 Å². The molecule has 0 bridgehead atoms. The number of carbonyl (C=O) groups is 3. The lowest BCUT2D eigenvalue weighted by Crippen LogP contribution is -2.46. The van der Waals surface area contributed by atoms with Gasteiger partial charge in [-0.1, -0.05) is 13.0 Å².